The van der Waals surface area contributed by atoms with Gasteiger partial charge in [-0.25, -0.2) is 4.21 Å². The van der Waals surface area contributed by atoms with Gasteiger partial charge in [0.25, 0.3) is 0 Å². The molecule has 0 aromatic heterocycles. The highest BCUT2D eigenvalue weighted by Crippen LogP contribution is 2.21. The van der Waals surface area contributed by atoms with Crippen molar-refractivity contribution < 1.29 is 4.21 Å². The lowest BCUT2D eigenvalue weighted by molar-refractivity contribution is 0.653. The Morgan fingerprint density at radius 2 is 1.65 bits per heavy atom. The maximum atomic E-state index is 12.0. The number of hydrogen-bond donors (Lipinski definition) is 1. The van der Waals surface area contributed by atoms with Gasteiger partial charge in [0.05, 0.1) is 4.75 Å². The van der Waals surface area contributed by atoms with E-state index in [1.807, 2.05) is 51.1 Å². The summed E-state index contributed by atoms with van der Waals surface area (Å²) in [6.07, 6.45) is 0. The monoisotopic (exact) mass is 247 g/mol. The molecule has 1 unspecified atom stereocenters. The van der Waals surface area contributed by atoms with Crippen molar-refractivity contribution in [2.24, 2.45) is 0 Å². The Bertz CT molecular complexity index is 557. The van der Waals surface area contributed by atoms with Crippen LogP contribution in [-0.2, 0) is 11.0 Å². The molecule has 0 amide bonds. The second-order valence-electron chi connectivity index (χ2n) is 5.05. The minimum atomic E-state index is -1.08. The van der Waals surface area contributed by atoms with Crippen LogP contribution in [0, 0.1) is 0 Å². The van der Waals surface area contributed by atoms with Gasteiger partial charge in [-0.05, 0) is 43.7 Å². The van der Waals surface area contributed by atoms with Crippen molar-refractivity contribution in [3.63, 3.8) is 0 Å². The van der Waals surface area contributed by atoms with E-state index in [1.54, 1.807) is 0 Å². The van der Waals surface area contributed by atoms with Crippen molar-refractivity contribution in [2.75, 3.05) is 4.72 Å². The van der Waals surface area contributed by atoms with E-state index < -0.39 is 11.0 Å². The Labute approximate surface area is 105 Å². The maximum absolute atomic E-state index is 12.0. The molecule has 0 heterocycles. The Morgan fingerprint density at radius 1 is 1.00 bits per heavy atom. The van der Waals surface area contributed by atoms with Gasteiger partial charge in [0, 0.05) is 5.69 Å². The number of anilines is 1. The molecule has 0 aliphatic rings. The quantitative estimate of drug-likeness (QED) is 0.861. The molecule has 1 atom stereocenters. The largest absolute Gasteiger partial charge is 0.305 e. The van der Waals surface area contributed by atoms with E-state index >= 15 is 0 Å². The summed E-state index contributed by atoms with van der Waals surface area (Å²) in [6, 6.07) is 14.2. The predicted molar refractivity (Wildman–Crippen MR) is 75.5 cm³/mol. The second-order valence-corrected chi connectivity index (χ2v) is 7.01. The van der Waals surface area contributed by atoms with Crippen molar-refractivity contribution in [3.8, 4) is 0 Å². The minimum Gasteiger partial charge on any atom is -0.305 e. The number of benzene rings is 2. The van der Waals surface area contributed by atoms with Crippen molar-refractivity contribution >= 4 is 27.4 Å². The third-order valence-electron chi connectivity index (χ3n) is 2.52. The van der Waals surface area contributed by atoms with Crippen molar-refractivity contribution in [1.29, 1.82) is 0 Å². The molecule has 0 bridgehead atoms. The van der Waals surface area contributed by atoms with Gasteiger partial charge < -0.3 is 4.72 Å². The van der Waals surface area contributed by atoms with Crippen LogP contribution in [0.1, 0.15) is 20.8 Å². The highest BCUT2D eigenvalue weighted by molar-refractivity contribution is 7.87. The van der Waals surface area contributed by atoms with E-state index in [0.29, 0.717) is 0 Å². The Morgan fingerprint density at radius 3 is 2.29 bits per heavy atom. The van der Waals surface area contributed by atoms with Gasteiger partial charge in [0.1, 0.15) is 11.0 Å². The molecule has 1 N–H and O–H groups in total. The summed E-state index contributed by atoms with van der Waals surface area (Å²) in [7, 11) is -1.08. The molecule has 0 saturated heterocycles. The molecule has 2 aromatic rings. The molecule has 0 aliphatic carbocycles. The van der Waals surface area contributed by atoms with Crippen LogP contribution in [0.4, 0.5) is 5.69 Å². The first-order valence-corrected chi connectivity index (χ1v) is 6.79. The molecule has 0 spiro atoms. The molecule has 0 saturated carbocycles. The van der Waals surface area contributed by atoms with Crippen LogP contribution in [0.25, 0.3) is 10.8 Å². The fourth-order valence-corrected chi connectivity index (χ4v) is 2.16. The lowest BCUT2D eigenvalue weighted by Crippen LogP contribution is -2.27. The normalized spacial score (nSPS) is 13.6. The molecule has 0 radical (unpaired) electrons. The molecular formula is C14H17NOS. The van der Waals surface area contributed by atoms with E-state index in [9.17, 15) is 4.21 Å². The van der Waals surface area contributed by atoms with Crippen LogP contribution < -0.4 is 4.72 Å². The van der Waals surface area contributed by atoms with E-state index in [4.69, 9.17) is 0 Å². The molecule has 17 heavy (non-hydrogen) atoms. The number of fused-ring (bicyclic) bond motifs is 1. The van der Waals surface area contributed by atoms with Gasteiger partial charge >= 0.3 is 0 Å². The van der Waals surface area contributed by atoms with Crippen molar-refractivity contribution in [1.82, 2.24) is 0 Å². The summed E-state index contributed by atoms with van der Waals surface area (Å²) in [5, 5.41) is 2.35. The van der Waals surface area contributed by atoms with Crippen LogP contribution in [0.5, 0.6) is 0 Å². The lowest BCUT2D eigenvalue weighted by Gasteiger charge is -2.18. The van der Waals surface area contributed by atoms with E-state index in [-0.39, 0.29) is 4.75 Å². The van der Waals surface area contributed by atoms with Gasteiger partial charge in [-0.2, -0.15) is 0 Å². The number of rotatable bonds is 2. The Hall–Kier alpha value is -1.35. The maximum Gasteiger partial charge on any atom is 0.122 e. The summed E-state index contributed by atoms with van der Waals surface area (Å²) in [4.78, 5) is 0. The van der Waals surface area contributed by atoms with Gasteiger partial charge in [0.15, 0.2) is 0 Å². The topological polar surface area (TPSA) is 29.1 Å². The predicted octanol–water partition coefficient (Wildman–Crippen LogP) is 3.71. The van der Waals surface area contributed by atoms with Gasteiger partial charge in [0.2, 0.25) is 0 Å². The number of hydrogen-bond acceptors (Lipinski definition) is 1. The SMILES string of the molecule is CC(C)(C)S(=O)Nc1ccc2ccccc2c1. The standard InChI is InChI=1S/C14H17NOS/c1-14(2,3)17(16)15-13-9-8-11-6-4-5-7-12(11)10-13/h4-10,15H,1-3H3. The smallest absolute Gasteiger partial charge is 0.122 e. The molecule has 2 rings (SSSR count). The zero-order valence-electron chi connectivity index (χ0n) is 10.4. The minimum absolute atomic E-state index is 0.258. The van der Waals surface area contributed by atoms with Crippen molar-refractivity contribution in [3.05, 3.63) is 42.5 Å². The molecule has 90 valence electrons. The van der Waals surface area contributed by atoms with Crippen LogP contribution >= 0.6 is 0 Å². The van der Waals surface area contributed by atoms with Gasteiger partial charge in [-0.15, -0.1) is 0 Å². The fourth-order valence-electron chi connectivity index (χ4n) is 1.51. The summed E-state index contributed by atoms with van der Waals surface area (Å²) in [5.74, 6) is 0. The summed E-state index contributed by atoms with van der Waals surface area (Å²) in [5.41, 5.74) is 0.900. The lowest BCUT2D eigenvalue weighted by atomic mass is 10.1. The first kappa shape index (κ1) is 12.1. The highest BCUT2D eigenvalue weighted by atomic mass is 32.2. The average Bonchev–Trinajstić information content (AvgIpc) is 2.27. The van der Waals surface area contributed by atoms with Crippen LogP contribution in [0.15, 0.2) is 42.5 Å². The summed E-state index contributed by atoms with van der Waals surface area (Å²) >= 11 is 0. The second kappa shape index (κ2) is 4.49. The zero-order valence-corrected chi connectivity index (χ0v) is 11.2. The first-order chi connectivity index (χ1) is 7.97. The molecule has 0 fully saturated rings. The van der Waals surface area contributed by atoms with Gasteiger partial charge in [-0.1, -0.05) is 30.3 Å². The number of nitrogens with one attached hydrogen (secondary N) is 1. The Kier molecular flexibility index (Phi) is 3.20. The molecule has 2 nitrogen and oxygen atoms in total. The molecule has 0 aliphatic heterocycles. The van der Waals surface area contributed by atoms with Crippen LogP contribution in [0.3, 0.4) is 0 Å². The zero-order chi connectivity index (χ0) is 12.5. The molecule has 3 heteroatoms. The Balaban J connectivity index is 2.29. The van der Waals surface area contributed by atoms with E-state index in [0.717, 1.165) is 11.1 Å². The summed E-state index contributed by atoms with van der Waals surface area (Å²) < 4.78 is 14.8. The van der Waals surface area contributed by atoms with Crippen LogP contribution in [-0.4, -0.2) is 8.96 Å². The van der Waals surface area contributed by atoms with Crippen LogP contribution in [0.2, 0.25) is 0 Å². The van der Waals surface area contributed by atoms with E-state index in [1.165, 1.54) is 5.39 Å². The highest BCUT2D eigenvalue weighted by Gasteiger charge is 2.19. The molecular weight excluding hydrogens is 230 g/mol. The average molecular weight is 247 g/mol. The first-order valence-electron chi connectivity index (χ1n) is 5.64. The van der Waals surface area contributed by atoms with Crippen molar-refractivity contribution in [2.45, 2.75) is 25.5 Å². The molecule has 2 aromatic carbocycles. The van der Waals surface area contributed by atoms with E-state index in [2.05, 4.69) is 16.9 Å². The van der Waals surface area contributed by atoms with Gasteiger partial charge in [-0.3, -0.25) is 0 Å². The fraction of sp³-hybridized carbons (Fsp3) is 0.286. The third-order valence-corrected chi connectivity index (χ3v) is 4.05. The summed E-state index contributed by atoms with van der Waals surface area (Å²) in [6.45, 7) is 5.87. The third kappa shape index (κ3) is 2.86.